The highest BCUT2D eigenvalue weighted by Gasteiger charge is 2.21. The number of nitrogens with one attached hydrogen (secondary N) is 1. The first kappa shape index (κ1) is 22.8. The quantitative estimate of drug-likeness (QED) is 0.740. The van der Waals surface area contributed by atoms with Gasteiger partial charge in [0.05, 0.1) is 10.6 Å². The predicted molar refractivity (Wildman–Crippen MR) is 112 cm³/mol. The molecule has 8 nitrogen and oxygen atoms in total. The number of nitrogens with zero attached hydrogens (tertiary/aromatic N) is 3. The monoisotopic (exact) mass is 420 g/mol. The molecule has 1 heterocycles. The van der Waals surface area contributed by atoms with E-state index in [4.69, 9.17) is 0 Å². The number of carbonyl (C=O) groups is 1. The summed E-state index contributed by atoms with van der Waals surface area (Å²) in [5, 5.41) is 6.93. The van der Waals surface area contributed by atoms with Crippen molar-refractivity contribution >= 4 is 21.6 Å². The Labute approximate surface area is 171 Å². The number of amides is 1. The molecule has 1 amide bonds. The van der Waals surface area contributed by atoms with Crippen molar-refractivity contribution in [2.75, 3.05) is 18.4 Å². The maximum absolute atomic E-state index is 12.5. The van der Waals surface area contributed by atoms with E-state index >= 15 is 0 Å². The van der Waals surface area contributed by atoms with Gasteiger partial charge in [-0.3, -0.25) is 9.59 Å². The standard InChI is InChI=1S/C20H28N4O4S/c1-6-23(7-2)29(27,28)16-10-8-15(9-11-16)21-18(25)14-24-19(26)13-12-17(22-24)20(3,4)5/h8-13H,6-7,14H2,1-5H3,(H,21,25). The molecule has 0 unspecified atom stereocenters. The number of carbonyl (C=O) groups excluding carboxylic acids is 1. The minimum Gasteiger partial charge on any atom is -0.324 e. The number of anilines is 1. The smallest absolute Gasteiger partial charge is 0.267 e. The first-order valence-electron chi connectivity index (χ1n) is 9.47. The minimum absolute atomic E-state index is 0.162. The summed E-state index contributed by atoms with van der Waals surface area (Å²) in [6.45, 7) is 10.00. The zero-order chi connectivity index (χ0) is 21.8. The van der Waals surface area contributed by atoms with Crippen molar-refractivity contribution in [1.29, 1.82) is 0 Å². The zero-order valence-corrected chi connectivity index (χ0v) is 18.3. The van der Waals surface area contributed by atoms with Crippen molar-refractivity contribution in [3.63, 3.8) is 0 Å². The summed E-state index contributed by atoms with van der Waals surface area (Å²) in [7, 11) is -3.55. The lowest BCUT2D eigenvalue weighted by Gasteiger charge is -2.19. The second-order valence-corrected chi connectivity index (χ2v) is 9.56. The number of benzene rings is 1. The molecule has 0 radical (unpaired) electrons. The van der Waals surface area contributed by atoms with E-state index in [0.29, 0.717) is 24.5 Å². The number of hydrogen-bond donors (Lipinski definition) is 1. The summed E-state index contributed by atoms with van der Waals surface area (Å²) in [5.74, 6) is -0.426. The van der Waals surface area contributed by atoms with Gasteiger partial charge in [0.15, 0.2) is 0 Å². The van der Waals surface area contributed by atoms with E-state index in [2.05, 4.69) is 10.4 Å². The highest BCUT2D eigenvalue weighted by Crippen LogP contribution is 2.19. The first-order chi connectivity index (χ1) is 13.5. The van der Waals surface area contributed by atoms with Crippen molar-refractivity contribution in [3.8, 4) is 0 Å². The Hall–Kier alpha value is -2.52. The summed E-state index contributed by atoms with van der Waals surface area (Å²) in [5.41, 5.74) is 0.524. The summed E-state index contributed by atoms with van der Waals surface area (Å²) < 4.78 is 27.5. The highest BCUT2D eigenvalue weighted by molar-refractivity contribution is 7.89. The maximum Gasteiger partial charge on any atom is 0.267 e. The molecule has 2 aromatic rings. The van der Waals surface area contributed by atoms with Gasteiger partial charge in [0, 0.05) is 30.3 Å². The predicted octanol–water partition coefficient (Wildman–Crippen LogP) is 2.21. The van der Waals surface area contributed by atoms with Gasteiger partial charge in [-0.1, -0.05) is 34.6 Å². The van der Waals surface area contributed by atoms with Crippen LogP contribution in [0.3, 0.4) is 0 Å². The summed E-state index contributed by atoms with van der Waals surface area (Å²) in [4.78, 5) is 24.5. The molecule has 158 valence electrons. The van der Waals surface area contributed by atoms with Crippen LogP contribution in [-0.2, 0) is 26.8 Å². The lowest BCUT2D eigenvalue weighted by Crippen LogP contribution is -2.31. The summed E-state index contributed by atoms with van der Waals surface area (Å²) in [6.07, 6.45) is 0. The topological polar surface area (TPSA) is 101 Å². The average molecular weight is 421 g/mol. The Morgan fingerprint density at radius 2 is 1.66 bits per heavy atom. The van der Waals surface area contributed by atoms with Gasteiger partial charge in [-0.2, -0.15) is 9.40 Å². The second kappa shape index (κ2) is 8.87. The minimum atomic E-state index is -3.55. The van der Waals surface area contributed by atoms with Crippen LogP contribution in [-0.4, -0.2) is 41.5 Å². The van der Waals surface area contributed by atoms with E-state index < -0.39 is 15.9 Å². The largest absolute Gasteiger partial charge is 0.324 e. The van der Waals surface area contributed by atoms with E-state index in [-0.39, 0.29) is 22.4 Å². The fourth-order valence-corrected chi connectivity index (χ4v) is 4.18. The Morgan fingerprint density at radius 3 is 2.17 bits per heavy atom. The fraction of sp³-hybridized carbons (Fsp3) is 0.450. The van der Waals surface area contributed by atoms with Gasteiger partial charge >= 0.3 is 0 Å². The Bertz CT molecular complexity index is 1020. The Morgan fingerprint density at radius 1 is 1.07 bits per heavy atom. The van der Waals surface area contributed by atoms with Crippen LogP contribution in [0.5, 0.6) is 0 Å². The first-order valence-corrected chi connectivity index (χ1v) is 10.9. The molecule has 0 fully saturated rings. The number of sulfonamides is 1. The molecule has 2 rings (SSSR count). The van der Waals surface area contributed by atoms with Gasteiger partial charge in [0.2, 0.25) is 15.9 Å². The van der Waals surface area contributed by atoms with Gasteiger partial charge in [0.25, 0.3) is 5.56 Å². The maximum atomic E-state index is 12.5. The molecule has 1 aromatic heterocycles. The molecule has 0 spiro atoms. The third kappa shape index (κ3) is 5.51. The molecule has 0 aliphatic heterocycles. The van der Waals surface area contributed by atoms with E-state index in [1.807, 2.05) is 20.8 Å². The number of aromatic nitrogens is 2. The van der Waals surface area contributed by atoms with Crippen LogP contribution in [0.2, 0.25) is 0 Å². The molecule has 1 N–H and O–H groups in total. The average Bonchev–Trinajstić information content (AvgIpc) is 2.63. The third-order valence-corrected chi connectivity index (χ3v) is 6.47. The highest BCUT2D eigenvalue weighted by atomic mass is 32.2. The molecule has 0 atom stereocenters. The van der Waals surface area contributed by atoms with Gasteiger partial charge in [0.1, 0.15) is 6.54 Å². The van der Waals surface area contributed by atoms with Crippen LogP contribution in [0.25, 0.3) is 0 Å². The molecule has 9 heteroatoms. The van der Waals surface area contributed by atoms with E-state index in [1.54, 1.807) is 19.9 Å². The molecule has 1 aromatic carbocycles. The molecule has 0 saturated carbocycles. The zero-order valence-electron chi connectivity index (χ0n) is 17.5. The van der Waals surface area contributed by atoms with Gasteiger partial charge in [-0.05, 0) is 30.3 Å². The molecular formula is C20H28N4O4S. The fourth-order valence-electron chi connectivity index (χ4n) is 2.72. The Kier molecular flexibility index (Phi) is 6.97. The molecule has 0 aliphatic rings. The van der Waals surface area contributed by atoms with E-state index in [1.165, 1.54) is 34.6 Å². The third-order valence-electron chi connectivity index (χ3n) is 4.41. The van der Waals surface area contributed by atoms with Gasteiger partial charge in [-0.25, -0.2) is 13.1 Å². The van der Waals surface area contributed by atoms with Crippen molar-refractivity contribution in [2.45, 2.75) is 51.5 Å². The molecule has 0 aliphatic carbocycles. The lowest BCUT2D eigenvalue weighted by atomic mass is 9.92. The molecule has 29 heavy (non-hydrogen) atoms. The van der Waals surface area contributed by atoms with Gasteiger partial charge < -0.3 is 5.32 Å². The van der Waals surface area contributed by atoms with Crippen LogP contribution in [0.4, 0.5) is 5.69 Å². The van der Waals surface area contributed by atoms with E-state index in [0.717, 1.165) is 4.68 Å². The lowest BCUT2D eigenvalue weighted by molar-refractivity contribution is -0.117. The molecule has 0 bridgehead atoms. The van der Waals surface area contributed by atoms with Crippen molar-refractivity contribution < 1.29 is 13.2 Å². The number of rotatable bonds is 7. The second-order valence-electron chi connectivity index (χ2n) is 7.63. The van der Waals surface area contributed by atoms with Crippen LogP contribution in [0.15, 0.2) is 46.1 Å². The summed E-state index contributed by atoms with van der Waals surface area (Å²) in [6, 6.07) is 9.01. The number of hydrogen-bond acceptors (Lipinski definition) is 5. The van der Waals surface area contributed by atoms with Crippen LogP contribution < -0.4 is 10.9 Å². The van der Waals surface area contributed by atoms with Crippen molar-refractivity contribution in [1.82, 2.24) is 14.1 Å². The van der Waals surface area contributed by atoms with Gasteiger partial charge in [-0.15, -0.1) is 0 Å². The van der Waals surface area contributed by atoms with Crippen LogP contribution >= 0.6 is 0 Å². The van der Waals surface area contributed by atoms with E-state index in [9.17, 15) is 18.0 Å². The summed E-state index contributed by atoms with van der Waals surface area (Å²) >= 11 is 0. The molecule has 0 saturated heterocycles. The van der Waals surface area contributed by atoms with Crippen LogP contribution in [0.1, 0.15) is 40.3 Å². The molecular weight excluding hydrogens is 392 g/mol. The normalized spacial score (nSPS) is 12.2. The van der Waals surface area contributed by atoms with Crippen molar-refractivity contribution in [2.24, 2.45) is 0 Å². The Balaban J connectivity index is 2.14. The SMILES string of the molecule is CCN(CC)S(=O)(=O)c1ccc(NC(=O)Cn2nc(C(C)(C)C)ccc2=O)cc1. The van der Waals surface area contributed by atoms with Crippen molar-refractivity contribution in [3.05, 3.63) is 52.4 Å². The van der Waals surface area contributed by atoms with Crippen LogP contribution in [0, 0.1) is 0 Å².